The lowest BCUT2D eigenvalue weighted by atomic mass is 10.1. The van der Waals surface area contributed by atoms with Crippen LogP contribution in [0.2, 0.25) is 0 Å². The van der Waals surface area contributed by atoms with Gasteiger partial charge in [0.15, 0.2) is 0 Å². The second kappa shape index (κ2) is 9.56. The van der Waals surface area contributed by atoms with Crippen molar-refractivity contribution in [3.63, 3.8) is 0 Å². The molecule has 3 aromatic rings. The number of amides is 2. The first kappa shape index (κ1) is 21.4. The van der Waals surface area contributed by atoms with Gasteiger partial charge in [0, 0.05) is 37.6 Å². The fourth-order valence-electron chi connectivity index (χ4n) is 4.09. The normalized spacial score (nSPS) is 16.3. The van der Waals surface area contributed by atoms with Gasteiger partial charge in [0.25, 0.3) is 0 Å². The lowest BCUT2D eigenvalue weighted by Crippen LogP contribution is -2.40. The fourth-order valence-corrected chi connectivity index (χ4v) is 4.09. The summed E-state index contributed by atoms with van der Waals surface area (Å²) in [5.41, 5.74) is 3.89. The summed E-state index contributed by atoms with van der Waals surface area (Å²) in [6, 6.07) is 16.2. The van der Waals surface area contributed by atoms with Crippen molar-refractivity contribution in [3.8, 4) is 5.75 Å². The third-order valence-corrected chi connectivity index (χ3v) is 5.89. The number of hydrogen-bond donors (Lipinski definition) is 1. The molecule has 8 heteroatoms. The van der Waals surface area contributed by atoms with Crippen LogP contribution in [0.4, 0.5) is 20.6 Å². The average Bonchev–Trinajstić information content (AvgIpc) is 2.84. The number of hydrogen-bond acceptors (Lipinski definition) is 5. The van der Waals surface area contributed by atoms with Crippen LogP contribution in [0, 0.1) is 5.82 Å². The Kier molecular flexibility index (Phi) is 6.19. The molecule has 0 aliphatic carbocycles. The zero-order chi connectivity index (χ0) is 22.6. The van der Waals surface area contributed by atoms with E-state index in [0.717, 1.165) is 35.6 Å². The number of morpholine rings is 1. The Morgan fingerprint density at radius 1 is 1.09 bits per heavy atom. The maximum atomic E-state index is 14.0. The summed E-state index contributed by atoms with van der Waals surface area (Å²) in [5, 5.41) is 2.98. The van der Waals surface area contributed by atoms with Gasteiger partial charge in [-0.05, 0) is 35.4 Å². The van der Waals surface area contributed by atoms with Gasteiger partial charge in [-0.1, -0.05) is 24.3 Å². The summed E-state index contributed by atoms with van der Waals surface area (Å²) in [6.07, 6.45) is 1.54. The number of rotatable bonds is 6. The second-order valence-corrected chi connectivity index (χ2v) is 8.07. The zero-order valence-corrected chi connectivity index (χ0v) is 18.2. The molecule has 1 fully saturated rings. The Bertz CT molecular complexity index is 1150. The standard InChI is InChI=1S/C25H25FN4O3/c26-21-5-3-9-27-23(21)17-33-20-8-7-19(15-29-10-12-32-13-11-29)24(14-20)30-16-18-4-1-2-6-22(18)28-25(30)31/h1-9,14H,10-13,15-17H2,(H,28,31). The van der Waals surface area contributed by atoms with Gasteiger partial charge in [-0.15, -0.1) is 0 Å². The summed E-state index contributed by atoms with van der Waals surface area (Å²) >= 11 is 0. The average molecular weight is 448 g/mol. The van der Waals surface area contributed by atoms with E-state index in [1.165, 1.54) is 12.3 Å². The van der Waals surface area contributed by atoms with Gasteiger partial charge in [-0.2, -0.15) is 0 Å². The van der Waals surface area contributed by atoms with Crippen molar-refractivity contribution >= 4 is 17.4 Å². The number of aromatic nitrogens is 1. The highest BCUT2D eigenvalue weighted by Gasteiger charge is 2.26. The topological polar surface area (TPSA) is 66.9 Å². The van der Waals surface area contributed by atoms with Crippen LogP contribution in [0.25, 0.3) is 0 Å². The number of carbonyl (C=O) groups excluding carboxylic acids is 1. The molecule has 0 saturated carbocycles. The molecule has 0 atom stereocenters. The van der Waals surface area contributed by atoms with E-state index in [9.17, 15) is 9.18 Å². The van der Waals surface area contributed by atoms with E-state index in [4.69, 9.17) is 9.47 Å². The molecule has 1 aromatic heterocycles. The van der Waals surface area contributed by atoms with Crippen molar-refractivity contribution in [1.29, 1.82) is 0 Å². The van der Waals surface area contributed by atoms with E-state index >= 15 is 0 Å². The maximum Gasteiger partial charge on any atom is 0.326 e. The minimum absolute atomic E-state index is 0.00392. The quantitative estimate of drug-likeness (QED) is 0.613. The lowest BCUT2D eigenvalue weighted by Gasteiger charge is -2.33. The van der Waals surface area contributed by atoms with Crippen LogP contribution >= 0.6 is 0 Å². The maximum absolute atomic E-state index is 14.0. The minimum atomic E-state index is -0.409. The van der Waals surface area contributed by atoms with Gasteiger partial charge in [0.2, 0.25) is 0 Å². The highest BCUT2D eigenvalue weighted by Crippen LogP contribution is 2.33. The van der Waals surface area contributed by atoms with Crippen molar-refractivity contribution in [3.05, 3.63) is 83.4 Å². The van der Waals surface area contributed by atoms with E-state index in [1.54, 1.807) is 11.0 Å². The van der Waals surface area contributed by atoms with Crippen LogP contribution in [0.3, 0.4) is 0 Å². The van der Waals surface area contributed by atoms with Crippen molar-refractivity contribution in [1.82, 2.24) is 9.88 Å². The van der Waals surface area contributed by atoms with Crippen molar-refractivity contribution in [2.45, 2.75) is 19.7 Å². The number of ether oxygens (including phenoxy) is 2. The number of fused-ring (bicyclic) bond motifs is 1. The molecule has 0 bridgehead atoms. The predicted octanol–water partition coefficient (Wildman–Crippen LogP) is 4.18. The highest BCUT2D eigenvalue weighted by atomic mass is 19.1. The van der Waals surface area contributed by atoms with Gasteiger partial charge in [-0.3, -0.25) is 14.8 Å². The molecule has 1 N–H and O–H groups in total. The van der Waals surface area contributed by atoms with E-state index in [1.807, 2.05) is 42.5 Å². The Morgan fingerprint density at radius 2 is 1.94 bits per heavy atom. The third kappa shape index (κ3) is 4.81. The number of nitrogens with zero attached hydrogens (tertiary/aromatic N) is 3. The number of benzene rings is 2. The van der Waals surface area contributed by atoms with Gasteiger partial charge in [0.1, 0.15) is 23.9 Å². The number of urea groups is 1. The molecule has 2 aromatic carbocycles. The monoisotopic (exact) mass is 448 g/mol. The molecule has 33 heavy (non-hydrogen) atoms. The number of halogens is 1. The van der Waals surface area contributed by atoms with E-state index < -0.39 is 5.82 Å². The summed E-state index contributed by atoms with van der Waals surface area (Å²) in [7, 11) is 0. The van der Waals surface area contributed by atoms with Crippen LogP contribution in [-0.2, 0) is 24.4 Å². The molecule has 0 unspecified atom stereocenters. The number of carbonyl (C=O) groups is 1. The first-order chi connectivity index (χ1) is 16.2. The Hall–Kier alpha value is -3.49. The summed E-state index contributed by atoms with van der Waals surface area (Å²) in [5.74, 6) is 0.140. The summed E-state index contributed by atoms with van der Waals surface area (Å²) in [6.45, 7) is 4.23. The third-order valence-electron chi connectivity index (χ3n) is 5.89. The lowest BCUT2D eigenvalue weighted by molar-refractivity contribution is 0.0342. The second-order valence-electron chi connectivity index (χ2n) is 8.07. The number of nitrogens with one attached hydrogen (secondary N) is 1. The largest absolute Gasteiger partial charge is 0.487 e. The number of pyridine rings is 1. The van der Waals surface area contributed by atoms with Gasteiger partial charge < -0.3 is 14.8 Å². The molecule has 7 nitrogen and oxygen atoms in total. The first-order valence-electron chi connectivity index (χ1n) is 11.0. The van der Waals surface area contributed by atoms with E-state index in [0.29, 0.717) is 32.1 Å². The summed E-state index contributed by atoms with van der Waals surface area (Å²) < 4.78 is 25.3. The molecule has 2 aliphatic heterocycles. The van der Waals surface area contributed by atoms with E-state index in [-0.39, 0.29) is 18.3 Å². The van der Waals surface area contributed by atoms with Crippen LogP contribution in [0.5, 0.6) is 5.75 Å². The molecule has 2 aliphatic rings. The molecule has 2 amide bonds. The molecule has 3 heterocycles. The summed E-state index contributed by atoms with van der Waals surface area (Å²) in [4.78, 5) is 21.1. The molecule has 1 saturated heterocycles. The molecule has 0 spiro atoms. The molecule has 170 valence electrons. The van der Waals surface area contributed by atoms with Crippen LogP contribution in [0.1, 0.15) is 16.8 Å². The molecular formula is C25H25FN4O3. The van der Waals surface area contributed by atoms with E-state index in [2.05, 4.69) is 15.2 Å². The number of anilines is 2. The van der Waals surface area contributed by atoms with Crippen molar-refractivity contribution in [2.24, 2.45) is 0 Å². The minimum Gasteiger partial charge on any atom is -0.487 e. The molecule has 0 radical (unpaired) electrons. The van der Waals surface area contributed by atoms with Crippen molar-refractivity contribution in [2.75, 3.05) is 36.5 Å². The van der Waals surface area contributed by atoms with Crippen LogP contribution in [-0.4, -0.2) is 42.2 Å². The van der Waals surface area contributed by atoms with Crippen molar-refractivity contribution < 1.29 is 18.7 Å². The van der Waals surface area contributed by atoms with Gasteiger partial charge in [-0.25, -0.2) is 9.18 Å². The number of para-hydroxylation sites is 1. The molecule has 5 rings (SSSR count). The smallest absolute Gasteiger partial charge is 0.326 e. The van der Waals surface area contributed by atoms with Crippen LogP contribution < -0.4 is 15.0 Å². The van der Waals surface area contributed by atoms with Gasteiger partial charge >= 0.3 is 6.03 Å². The highest BCUT2D eigenvalue weighted by molar-refractivity contribution is 6.04. The van der Waals surface area contributed by atoms with Gasteiger partial charge in [0.05, 0.1) is 25.4 Å². The molecular weight excluding hydrogens is 423 g/mol. The zero-order valence-electron chi connectivity index (χ0n) is 18.2. The SMILES string of the molecule is O=C1Nc2ccccc2CN1c1cc(OCc2ncccc2F)ccc1CN1CCOCC1. The Balaban J connectivity index is 1.44. The van der Waals surface area contributed by atoms with Crippen LogP contribution in [0.15, 0.2) is 60.8 Å². The predicted molar refractivity (Wildman–Crippen MR) is 123 cm³/mol. The first-order valence-corrected chi connectivity index (χ1v) is 11.0. The Labute approximate surface area is 191 Å². The fraction of sp³-hybridized carbons (Fsp3) is 0.280. The Morgan fingerprint density at radius 3 is 2.79 bits per heavy atom.